The van der Waals surface area contributed by atoms with Crippen molar-refractivity contribution in [2.45, 2.75) is 46.1 Å². The Hall–Kier alpha value is -2.49. The first kappa shape index (κ1) is 17.9. The quantitative estimate of drug-likeness (QED) is 0.718. The van der Waals surface area contributed by atoms with Crippen molar-refractivity contribution in [1.29, 1.82) is 0 Å². The Balaban J connectivity index is 1.97. The fourth-order valence-electron chi connectivity index (χ4n) is 2.29. The van der Waals surface area contributed by atoms with Crippen LogP contribution in [0.5, 0.6) is 0 Å². The number of hydrogen-bond acceptors (Lipinski definition) is 2. The van der Waals surface area contributed by atoms with Crippen molar-refractivity contribution in [2.75, 3.05) is 10.6 Å². The molecule has 24 heavy (non-hydrogen) atoms. The van der Waals surface area contributed by atoms with E-state index in [1.165, 1.54) is 5.56 Å². The average molecular weight is 325 g/mol. The summed E-state index contributed by atoms with van der Waals surface area (Å²) in [7, 11) is 0. The number of carbonyl (C=O) groups is 1. The van der Waals surface area contributed by atoms with Gasteiger partial charge in [-0.1, -0.05) is 32.9 Å². The molecular formula is C20H27N3O. The van der Waals surface area contributed by atoms with Crippen LogP contribution in [-0.4, -0.2) is 12.1 Å². The van der Waals surface area contributed by atoms with Crippen LogP contribution in [0.15, 0.2) is 48.5 Å². The largest absolute Gasteiger partial charge is 0.356 e. The van der Waals surface area contributed by atoms with Gasteiger partial charge < -0.3 is 16.0 Å². The molecule has 2 rings (SSSR count). The van der Waals surface area contributed by atoms with Gasteiger partial charge in [0.1, 0.15) is 0 Å². The molecule has 0 saturated carbocycles. The molecule has 128 valence electrons. The van der Waals surface area contributed by atoms with E-state index in [1.54, 1.807) is 0 Å². The minimum Gasteiger partial charge on any atom is -0.356 e. The maximum Gasteiger partial charge on any atom is 0.319 e. The zero-order chi connectivity index (χ0) is 17.7. The van der Waals surface area contributed by atoms with Gasteiger partial charge in [0, 0.05) is 23.1 Å². The lowest BCUT2D eigenvalue weighted by Crippen LogP contribution is -2.34. The molecule has 2 aromatic carbocycles. The van der Waals surface area contributed by atoms with Crippen molar-refractivity contribution in [3.63, 3.8) is 0 Å². The fraction of sp³-hybridized carbons (Fsp3) is 0.350. The van der Waals surface area contributed by atoms with E-state index in [4.69, 9.17) is 0 Å². The number of urea groups is 1. The Labute approximate surface area is 144 Å². The number of amides is 2. The van der Waals surface area contributed by atoms with E-state index in [1.807, 2.05) is 38.1 Å². The number of hydrogen-bond donors (Lipinski definition) is 3. The third kappa shape index (κ3) is 5.30. The molecule has 0 unspecified atom stereocenters. The van der Waals surface area contributed by atoms with Crippen molar-refractivity contribution < 1.29 is 4.79 Å². The Morgan fingerprint density at radius 3 is 1.75 bits per heavy atom. The molecule has 0 aliphatic rings. The fourth-order valence-corrected chi connectivity index (χ4v) is 2.29. The SMILES string of the molecule is CC(C)NC(=O)Nc1ccc(Nc2ccc(C(C)(C)C)cc2)cc1. The molecular weight excluding hydrogens is 298 g/mol. The standard InChI is InChI=1S/C20H27N3O/c1-14(2)21-19(24)23-18-12-10-17(11-13-18)22-16-8-6-15(7-9-16)20(3,4)5/h6-14,22H,1-5H3,(H2,21,23,24). The van der Waals surface area contributed by atoms with Crippen LogP contribution in [0.1, 0.15) is 40.2 Å². The highest BCUT2D eigenvalue weighted by Crippen LogP contribution is 2.25. The molecule has 0 fully saturated rings. The number of rotatable bonds is 4. The molecule has 0 radical (unpaired) electrons. The Kier molecular flexibility index (Phi) is 5.50. The molecule has 0 atom stereocenters. The molecule has 4 nitrogen and oxygen atoms in total. The lowest BCUT2D eigenvalue weighted by atomic mass is 9.87. The van der Waals surface area contributed by atoms with Crippen molar-refractivity contribution in [3.8, 4) is 0 Å². The van der Waals surface area contributed by atoms with E-state index in [0.29, 0.717) is 0 Å². The number of nitrogens with one attached hydrogen (secondary N) is 3. The highest BCUT2D eigenvalue weighted by Gasteiger charge is 2.12. The summed E-state index contributed by atoms with van der Waals surface area (Å²) in [6.07, 6.45) is 0. The van der Waals surface area contributed by atoms with E-state index < -0.39 is 0 Å². The van der Waals surface area contributed by atoms with Gasteiger partial charge in [0.15, 0.2) is 0 Å². The highest BCUT2D eigenvalue weighted by atomic mass is 16.2. The monoisotopic (exact) mass is 325 g/mol. The van der Waals surface area contributed by atoms with Gasteiger partial charge in [-0.2, -0.15) is 0 Å². The van der Waals surface area contributed by atoms with Gasteiger partial charge in [0.05, 0.1) is 0 Å². The number of anilines is 3. The van der Waals surface area contributed by atoms with Crippen molar-refractivity contribution >= 4 is 23.1 Å². The number of carbonyl (C=O) groups excluding carboxylic acids is 1. The van der Waals surface area contributed by atoms with Crippen LogP contribution in [-0.2, 0) is 5.41 Å². The van der Waals surface area contributed by atoms with Gasteiger partial charge >= 0.3 is 6.03 Å². The zero-order valence-corrected chi connectivity index (χ0v) is 15.1. The second-order valence-electron chi connectivity index (χ2n) is 7.28. The maximum absolute atomic E-state index is 11.7. The summed E-state index contributed by atoms with van der Waals surface area (Å²) in [5, 5.41) is 8.97. The second kappa shape index (κ2) is 7.39. The molecule has 0 saturated heterocycles. The first-order valence-corrected chi connectivity index (χ1v) is 8.29. The van der Waals surface area contributed by atoms with Crippen LogP contribution in [0, 0.1) is 0 Å². The summed E-state index contributed by atoms with van der Waals surface area (Å²) in [6.45, 7) is 10.5. The van der Waals surface area contributed by atoms with Crippen molar-refractivity contribution in [1.82, 2.24) is 5.32 Å². The molecule has 0 heterocycles. The van der Waals surface area contributed by atoms with Gasteiger partial charge in [0.25, 0.3) is 0 Å². The highest BCUT2D eigenvalue weighted by molar-refractivity contribution is 5.89. The predicted molar refractivity (Wildman–Crippen MR) is 102 cm³/mol. The Morgan fingerprint density at radius 2 is 1.29 bits per heavy atom. The van der Waals surface area contributed by atoms with Crippen LogP contribution in [0.2, 0.25) is 0 Å². The summed E-state index contributed by atoms with van der Waals surface area (Å²) < 4.78 is 0. The van der Waals surface area contributed by atoms with Crippen molar-refractivity contribution in [3.05, 3.63) is 54.1 Å². The van der Waals surface area contributed by atoms with E-state index in [-0.39, 0.29) is 17.5 Å². The first-order valence-electron chi connectivity index (χ1n) is 8.29. The van der Waals surface area contributed by atoms with Gasteiger partial charge in [-0.3, -0.25) is 0 Å². The van der Waals surface area contributed by atoms with Crippen LogP contribution in [0.4, 0.5) is 21.9 Å². The zero-order valence-electron chi connectivity index (χ0n) is 15.1. The summed E-state index contributed by atoms with van der Waals surface area (Å²) in [4.78, 5) is 11.7. The molecule has 0 spiro atoms. The van der Waals surface area contributed by atoms with E-state index in [9.17, 15) is 4.79 Å². The molecule has 0 aliphatic carbocycles. The molecule has 2 aromatic rings. The predicted octanol–water partition coefficient (Wildman–Crippen LogP) is 5.26. The summed E-state index contributed by atoms with van der Waals surface area (Å²) in [5.74, 6) is 0. The summed E-state index contributed by atoms with van der Waals surface area (Å²) in [6, 6.07) is 16.0. The third-order valence-electron chi connectivity index (χ3n) is 3.60. The van der Waals surface area contributed by atoms with Gasteiger partial charge in [-0.25, -0.2) is 4.79 Å². The van der Waals surface area contributed by atoms with Crippen LogP contribution >= 0.6 is 0 Å². The minimum atomic E-state index is -0.191. The normalized spacial score (nSPS) is 11.2. The minimum absolute atomic E-state index is 0.113. The Morgan fingerprint density at radius 1 is 0.833 bits per heavy atom. The smallest absolute Gasteiger partial charge is 0.319 e. The van der Waals surface area contributed by atoms with Crippen LogP contribution in [0.25, 0.3) is 0 Å². The number of benzene rings is 2. The lowest BCUT2D eigenvalue weighted by molar-refractivity contribution is 0.250. The topological polar surface area (TPSA) is 53.2 Å². The van der Waals surface area contributed by atoms with Gasteiger partial charge in [-0.05, 0) is 61.2 Å². The van der Waals surface area contributed by atoms with E-state index in [2.05, 4.69) is 61.0 Å². The molecule has 2 amide bonds. The molecule has 0 bridgehead atoms. The lowest BCUT2D eigenvalue weighted by Gasteiger charge is -2.19. The van der Waals surface area contributed by atoms with Crippen molar-refractivity contribution in [2.24, 2.45) is 0 Å². The summed E-state index contributed by atoms with van der Waals surface area (Å²) >= 11 is 0. The molecule has 0 aliphatic heterocycles. The summed E-state index contributed by atoms with van der Waals surface area (Å²) in [5.41, 5.74) is 4.25. The molecule has 3 N–H and O–H groups in total. The Bertz CT molecular complexity index is 668. The second-order valence-corrected chi connectivity index (χ2v) is 7.28. The molecule has 0 aromatic heterocycles. The van der Waals surface area contributed by atoms with Gasteiger partial charge in [0.2, 0.25) is 0 Å². The van der Waals surface area contributed by atoms with Crippen LogP contribution in [0.3, 0.4) is 0 Å². The van der Waals surface area contributed by atoms with Crippen LogP contribution < -0.4 is 16.0 Å². The van der Waals surface area contributed by atoms with E-state index >= 15 is 0 Å². The molecule has 4 heteroatoms. The average Bonchev–Trinajstić information content (AvgIpc) is 2.48. The maximum atomic E-state index is 11.7. The van der Waals surface area contributed by atoms with E-state index in [0.717, 1.165) is 17.1 Å². The first-order chi connectivity index (χ1) is 11.2. The third-order valence-corrected chi connectivity index (χ3v) is 3.60. The van der Waals surface area contributed by atoms with Gasteiger partial charge in [-0.15, -0.1) is 0 Å².